The fourth-order valence-electron chi connectivity index (χ4n) is 3.86. The lowest BCUT2D eigenvalue weighted by atomic mass is 9.94. The van der Waals surface area contributed by atoms with E-state index in [0.29, 0.717) is 24.5 Å². The monoisotopic (exact) mass is 433 g/mol. The predicted octanol–water partition coefficient (Wildman–Crippen LogP) is 5.08. The minimum absolute atomic E-state index is 0.0980. The SMILES string of the molecule is CCOc1cccc(/C(O)=C2/C(=O)C(=O)N(Cc3cccs3)C2c2cccc(C)c2)c1. The first-order valence-electron chi connectivity index (χ1n) is 10.1. The van der Waals surface area contributed by atoms with Crippen LogP contribution in [0.3, 0.4) is 0 Å². The number of ketones is 1. The lowest BCUT2D eigenvalue weighted by Crippen LogP contribution is -2.28. The zero-order chi connectivity index (χ0) is 22.0. The highest BCUT2D eigenvalue weighted by atomic mass is 32.1. The van der Waals surface area contributed by atoms with Crippen molar-refractivity contribution in [1.29, 1.82) is 0 Å². The van der Waals surface area contributed by atoms with Crippen LogP contribution >= 0.6 is 11.3 Å². The van der Waals surface area contributed by atoms with E-state index in [0.717, 1.165) is 16.0 Å². The molecular weight excluding hydrogens is 410 g/mol. The maximum atomic E-state index is 13.1. The number of hydrogen-bond acceptors (Lipinski definition) is 5. The van der Waals surface area contributed by atoms with Crippen LogP contribution in [0.4, 0.5) is 0 Å². The van der Waals surface area contributed by atoms with Crippen LogP contribution in [0.15, 0.2) is 71.6 Å². The third kappa shape index (κ3) is 4.11. The number of aryl methyl sites for hydroxylation is 1. The number of Topliss-reactive ketones (excluding diaryl/α,β-unsaturated/α-hetero) is 1. The minimum atomic E-state index is -0.678. The summed E-state index contributed by atoms with van der Waals surface area (Å²) >= 11 is 1.53. The van der Waals surface area contributed by atoms with Crippen molar-refractivity contribution in [2.45, 2.75) is 26.4 Å². The van der Waals surface area contributed by atoms with Gasteiger partial charge < -0.3 is 14.7 Å². The van der Waals surface area contributed by atoms with Gasteiger partial charge in [-0.1, -0.05) is 48.0 Å². The topological polar surface area (TPSA) is 66.8 Å². The quantitative estimate of drug-likeness (QED) is 0.335. The molecule has 0 radical (unpaired) electrons. The Labute approximate surface area is 185 Å². The Morgan fingerprint density at radius 3 is 2.61 bits per heavy atom. The molecule has 1 aliphatic heterocycles. The van der Waals surface area contributed by atoms with Crippen LogP contribution in [-0.4, -0.2) is 28.3 Å². The van der Waals surface area contributed by atoms with Gasteiger partial charge in [-0.2, -0.15) is 0 Å². The molecule has 1 N–H and O–H groups in total. The second-order valence-corrected chi connectivity index (χ2v) is 8.41. The molecule has 158 valence electrons. The van der Waals surface area contributed by atoms with Crippen LogP contribution in [0.25, 0.3) is 5.76 Å². The Balaban J connectivity index is 1.86. The number of carbonyl (C=O) groups excluding carboxylic acids is 2. The fraction of sp³-hybridized carbons (Fsp3) is 0.200. The van der Waals surface area contributed by atoms with Crippen molar-refractivity contribution in [2.24, 2.45) is 0 Å². The molecule has 1 aromatic heterocycles. The molecule has 1 saturated heterocycles. The summed E-state index contributed by atoms with van der Waals surface area (Å²) in [6.45, 7) is 4.62. The summed E-state index contributed by atoms with van der Waals surface area (Å²) in [4.78, 5) is 28.6. The van der Waals surface area contributed by atoms with Gasteiger partial charge in [0.25, 0.3) is 11.7 Å². The number of ether oxygens (including phenoxy) is 1. The molecule has 3 aromatic rings. The zero-order valence-electron chi connectivity index (χ0n) is 17.4. The Morgan fingerprint density at radius 2 is 1.90 bits per heavy atom. The highest BCUT2D eigenvalue weighted by Crippen LogP contribution is 2.41. The van der Waals surface area contributed by atoms with Gasteiger partial charge in [-0.05, 0) is 43.0 Å². The van der Waals surface area contributed by atoms with Gasteiger partial charge in [0.05, 0.1) is 24.8 Å². The number of carbonyl (C=O) groups is 2. The van der Waals surface area contributed by atoms with Crippen molar-refractivity contribution in [2.75, 3.05) is 6.61 Å². The van der Waals surface area contributed by atoms with E-state index >= 15 is 0 Å². The number of hydrogen-bond donors (Lipinski definition) is 1. The summed E-state index contributed by atoms with van der Waals surface area (Å²) in [5.74, 6) is -0.892. The van der Waals surface area contributed by atoms with E-state index in [1.165, 1.54) is 11.3 Å². The van der Waals surface area contributed by atoms with E-state index in [9.17, 15) is 14.7 Å². The van der Waals surface area contributed by atoms with Crippen molar-refractivity contribution in [3.05, 3.63) is 93.2 Å². The van der Waals surface area contributed by atoms with Gasteiger partial charge >= 0.3 is 0 Å². The number of aliphatic hydroxyl groups excluding tert-OH is 1. The van der Waals surface area contributed by atoms with Gasteiger partial charge in [-0.3, -0.25) is 9.59 Å². The molecule has 0 bridgehead atoms. The molecule has 6 heteroatoms. The molecule has 2 heterocycles. The third-order valence-corrected chi connectivity index (χ3v) is 6.08. The first kappa shape index (κ1) is 20.9. The Kier molecular flexibility index (Phi) is 5.91. The number of likely N-dealkylation sites (tertiary alicyclic amines) is 1. The highest BCUT2D eigenvalue weighted by molar-refractivity contribution is 7.09. The maximum absolute atomic E-state index is 13.1. The lowest BCUT2D eigenvalue weighted by molar-refractivity contribution is -0.140. The maximum Gasteiger partial charge on any atom is 0.295 e. The largest absolute Gasteiger partial charge is 0.507 e. The molecule has 0 saturated carbocycles. The Hall–Kier alpha value is -3.38. The van der Waals surface area contributed by atoms with Crippen molar-refractivity contribution < 1.29 is 19.4 Å². The van der Waals surface area contributed by atoms with E-state index < -0.39 is 17.7 Å². The Morgan fingerprint density at radius 1 is 1.10 bits per heavy atom. The van der Waals surface area contributed by atoms with Gasteiger partial charge in [0, 0.05) is 10.4 Å². The van der Waals surface area contributed by atoms with Crippen molar-refractivity contribution in [1.82, 2.24) is 4.90 Å². The van der Waals surface area contributed by atoms with Crippen LogP contribution in [-0.2, 0) is 16.1 Å². The summed E-state index contributed by atoms with van der Waals surface area (Å²) in [6.07, 6.45) is 0. The van der Waals surface area contributed by atoms with Gasteiger partial charge in [-0.25, -0.2) is 0 Å². The molecule has 1 amide bonds. The van der Waals surface area contributed by atoms with E-state index in [4.69, 9.17) is 4.74 Å². The summed E-state index contributed by atoms with van der Waals surface area (Å²) in [5.41, 5.74) is 2.34. The van der Waals surface area contributed by atoms with E-state index in [1.54, 1.807) is 29.2 Å². The lowest BCUT2D eigenvalue weighted by Gasteiger charge is -2.25. The zero-order valence-corrected chi connectivity index (χ0v) is 18.2. The molecular formula is C25H23NO4S. The van der Waals surface area contributed by atoms with Gasteiger partial charge in [0.1, 0.15) is 11.5 Å². The molecule has 0 aliphatic carbocycles. The third-order valence-electron chi connectivity index (χ3n) is 5.22. The number of nitrogens with zero attached hydrogens (tertiary/aromatic N) is 1. The number of rotatable bonds is 6. The van der Waals surface area contributed by atoms with Crippen molar-refractivity contribution in [3.63, 3.8) is 0 Å². The number of benzene rings is 2. The minimum Gasteiger partial charge on any atom is -0.507 e. The summed E-state index contributed by atoms with van der Waals surface area (Å²) < 4.78 is 5.53. The molecule has 4 rings (SSSR count). The molecule has 1 aliphatic rings. The number of aliphatic hydroxyl groups is 1. The van der Waals surface area contributed by atoms with Gasteiger partial charge in [0.15, 0.2) is 0 Å². The normalized spacial score (nSPS) is 17.9. The molecule has 2 aromatic carbocycles. The van der Waals surface area contributed by atoms with Crippen LogP contribution in [0, 0.1) is 6.92 Å². The van der Waals surface area contributed by atoms with Crippen LogP contribution in [0.1, 0.15) is 34.5 Å². The first-order chi connectivity index (χ1) is 15.0. The molecule has 0 spiro atoms. The highest BCUT2D eigenvalue weighted by Gasteiger charge is 2.46. The fourth-order valence-corrected chi connectivity index (χ4v) is 4.56. The molecule has 31 heavy (non-hydrogen) atoms. The van der Waals surface area contributed by atoms with E-state index in [2.05, 4.69) is 0 Å². The predicted molar refractivity (Wildman–Crippen MR) is 121 cm³/mol. The Bertz CT molecular complexity index is 1150. The van der Waals surface area contributed by atoms with Crippen LogP contribution in [0.5, 0.6) is 5.75 Å². The van der Waals surface area contributed by atoms with Crippen LogP contribution < -0.4 is 4.74 Å². The summed E-state index contributed by atoms with van der Waals surface area (Å²) in [6, 6.07) is 17.8. The van der Waals surface area contributed by atoms with E-state index in [-0.39, 0.29) is 11.3 Å². The first-order valence-corrected chi connectivity index (χ1v) is 11.0. The molecule has 1 atom stereocenters. The average Bonchev–Trinajstić information content (AvgIpc) is 3.36. The number of amides is 1. The molecule has 1 fully saturated rings. The molecule has 1 unspecified atom stereocenters. The van der Waals surface area contributed by atoms with Crippen LogP contribution in [0.2, 0.25) is 0 Å². The molecule has 5 nitrogen and oxygen atoms in total. The standard InChI is InChI=1S/C25H23NO4S/c1-3-30-19-10-5-9-18(14-19)23(27)21-22(17-8-4-7-16(2)13-17)26(25(29)24(21)28)15-20-11-6-12-31-20/h4-14,22,27H,3,15H2,1-2H3/b23-21-. The van der Waals surface area contributed by atoms with Crippen molar-refractivity contribution in [3.8, 4) is 5.75 Å². The summed E-state index contributed by atoms with van der Waals surface area (Å²) in [7, 11) is 0. The summed E-state index contributed by atoms with van der Waals surface area (Å²) in [5, 5.41) is 13.1. The van der Waals surface area contributed by atoms with Gasteiger partial charge in [0.2, 0.25) is 0 Å². The van der Waals surface area contributed by atoms with Crippen molar-refractivity contribution >= 4 is 28.8 Å². The smallest absolute Gasteiger partial charge is 0.295 e. The second kappa shape index (κ2) is 8.78. The average molecular weight is 434 g/mol. The van der Waals surface area contributed by atoms with E-state index in [1.807, 2.05) is 55.6 Å². The number of thiophene rings is 1. The van der Waals surface area contributed by atoms with Gasteiger partial charge in [-0.15, -0.1) is 11.3 Å². The second-order valence-electron chi connectivity index (χ2n) is 7.38.